The van der Waals surface area contributed by atoms with Gasteiger partial charge in [-0.25, -0.2) is 0 Å². The minimum Gasteiger partial charge on any atom is -0.381 e. The molecular weight excluding hydrogens is 276 g/mol. The third-order valence-corrected chi connectivity index (χ3v) is 2.99. The molecule has 0 saturated carbocycles. The van der Waals surface area contributed by atoms with E-state index < -0.39 is 4.92 Å². The Hall–Kier alpha value is -2.51. The average molecular weight is 287 g/mol. The monoisotopic (exact) mass is 286 g/mol. The van der Waals surface area contributed by atoms with Gasteiger partial charge in [0.1, 0.15) is 0 Å². The highest BCUT2D eigenvalue weighted by molar-refractivity contribution is 6.30. The molecule has 0 aromatic heterocycles. The van der Waals surface area contributed by atoms with Crippen LogP contribution in [0.1, 0.15) is 11.1 Å². The van der Waals surface area contributed by atoms with Gasteiger partial charge >= 0.3 is 0 Å². The third kappa shape index (κ3) is 3.28. The molecule has 0 heterocycles. The second kappa shape index (κ2) is 6.09. The number of halogens is 1. The van der Waals surface area contributed by atoms with Crippen molar-refractivity contribution < 1.29 is 4.92 Å². The molecule has 5 heteroatoms. The van der Waals surface area contributed by atoms with E-state index in [0.717, 1.165) is 11.3 Å². The molecule has 0 radical (unpaired) electrons. The van der Waals surface area contributed by atoms with Crippen LogP contribution in [0.15, 0.2) is 42.5 Å². The van der Waals surface area contributed by atoms with Crippen molar-refractivity contribution in [2.24, 2.45) is 0 Å². The highest BCUT2D eigenvalue weighted by Gasteiger charge is 2.13. The van der Waals surface area contributed by atoms with Gasteiger partial charge in [-0.05, 0) is 30.3 Å². The molecule has 0 aliphatic carbocycles. The minimum absolute atomic E-state index is 0.00176. The first-order chi connectivity index (χ1) is 9.60. The number of hydrogen-bond donors (Lipinski definition) is 1. The van der Waals surface area contributed by atoms with Crippen LogP contribution in [0.2, 0.25) is 5.02 Å². The molecule has 0 aliphatic heterocycles. The van der Waals surface area contributed by atoms with E-state index in [1.807, 2.05) is 24.3 Å². The van der Waals surface area contributed by atoms with Crippen molar-refractivity contribution >= 4 is 23.0 Å². The van der Waals surface area contributed by atoms with Crippen molar-refractivity contribution in [2.75, 3.05) is 5.32 Å². The lowest BCUT2D eigenvalue weighted by atomic mass is 10.1. The van der Waals surface area contributed by atoms with Gasteiger partial charge in [-0.2, -0.15) is 0 Å². The Bertz CT molecular complexity index is 693. The first-order valence-corrected chi connectivity index (χ1v) is 6.21. The van der Waals surface area contributed by atoms with E-state index in [1.54, 1.807) is 12.1 Å². The van der Waals surface area contributed by atoms with Gasteiger partial charge in [-0.3, -0.25) is 10.1 Å². The van der Waals surface area contributed by atoms with Crippen LogP contribution < -0.4 is 5.32 Å². The number of nitrogens with zero attached hydrogens (tertiary/aromatic N) is 1. The lowest BCUT2D eigenvalue weighted by Gasteiger charge is -2.07. The number of nitro groups is 1. The molecule has 2 aromatic carbocycles. The Balaban J connectivity index is 2.19. The van der Waals surface area contributed by atoms with Crippen LogP contribution in [-0.2, 0) is 6.54 Å². The summed E-state index contributed by atoms with van der Waals surface area (Å²) in [5.74, 6) is 2.54. The Labute approximate surface area is 121 Å². The van der Waals surface area contributed by atoms with Crippen molar-refractivity contribution in [1.82, 2.24) is 0 Å². The van der Waals surface area contributed by atoms with Gasteiger partial charge in [0.2, 0.25) is 0 Å². The van der Waals surface area contributed by atoms with Gasteiger partial charge in [-0.15, -0.1) is 6.42 Å². The van der Waals surface area contributed by atoms with E-state index in [1.165, 1.54) is 6.07 Å². The van der Waals surface area contributed by atoms with Crippen molar-refractivity contribution in [3.8, 4) is 12.3 Å². The normalized spacial score (nSPS) is 9.80. The maximum atomic E-state index is 11.0. The van der Waals surface area contributed by atoms with Crippen LogP contribution >= 0.6 is 11.6 Å². The molecule has 0 aliphatic rings. The highest BCUT2D eigenvalue weighted by Crippen LogP contribution is 2.24. The molecule has 1 N–H and O–H groups in total. The fourth-order valence-corrected chi connectivity index (χ4v) is 1.94. The summed E-state index contributed by atoms with van der Waals surface area (Å²) in [6, 6.07) is 11.9. The molecule has 20 heavy (non-hydrogen) atoms. The molecule has 0 amide bonds. The molecule has 0 spiro atoms. The minimum atomic E-state index is -0.444. The van der Waals surface area contributed by atoms with E-state index in [4.69, 9.17) is 18.0 Å². The summed E-state index contributed by atoms with van der Waals surface area (Å²) in [6.07, 6.45) is 5.32. The molecule has 2 aromatic rings. The van der Waals surface area contributed by atoms with Gasteiger partial charge in [0.15, 0.2) is 0 Å². The number of terminal acetylenes is 1. The largest absolute Gasteiger partial charge is 0.381 e. The quantitative estimate of drug-likeness (QED) is 0.528. The molecular formula is C15H11ClN2O2. The standard InChI is InChI=1S/C15H11ClN2O2/c1-2-11-4-3-5-14(8-11)17-10-12-6-7-13(16)9-15(12)18(19)20/h1,3-9,17H,10H2. The Kier molecular flexibility index (Phi) is 4.24. The third-order valence-electron chi connectivity index (χ3n) is 2.76. The predicted molar refractivity (Wildman–Crippen MR) is 79.8 cm³/mol. The van der Waals surface area contributed by atoms with Crippen molar-refractivity contribution in [1.29, 1.82) is 0 Å². The summed E-state index contributed by atoms with van der Waals surface area (Å²) < 4.78 is 0. The summed E-state index contributed by atoms with van der Waals surface area (Å²) in [5.41, 5.74) is 2.12. The number of benzene rings is 2. The topological polar surface area (TPSA) is 55.2 Å². The predicted octanol–water partition coefficient (Wildman–Crippen LogP) is 3.84. The molecule has 100 valence electrons. The first kappa shape index (κ1) is 13.9. The van der Waals surface area contributed by atoms with E-state index in [-0.39, 0.29) is 5.69 Å². The Morgan fingerprint density at radius 3 is 2.80 bits per heavy atom. The summed E-state index contributed by atoms with van der Waals surface area (Å²) in [4.78, 5) is 10.5. The van der Waals surface area contributed by atoms with Gasteiger partial charge < -0.3 is 5.32 Å². The molecule has 0 bridgehead atoms. The zero-order valence-electron chi connectivity index (χ0n) is 10.5. The summed E-state index contributed by atoms with van der Waals surface area (Å²) in [5, 5.41) is 14.4. The number of nitro benzene ring substituents is 1. The summed E-state index contributed by atoms with van der Waals surface area (Å²) in [6.45, 7) is 0.321. The zero-order valence-corrected chi connectivity index (χ0v) is 11.2. The maximum absolute atomic E-state index is 11.0. The number of anilines is 1. The van der Waals surface area contributed by atoms with Gasteiger partial charge in [0.05, 0.1) is 4.92 Å². The van der Waals surface area contributed by atoms with E-state index in [2.05, 4.69) is 11.2 Å². The molecule has 0 atom stereocenters. The second-order valence-electron chi connectivity index (χ2n) is 4.11. The SMILES string of the molecule is C#Cc1cccc(NCc2ccc(Cl)cc2[N+](=O)[O-])c1. The first-order valence-electron chi connectivity index (χ1n) is 5.83. The van der Waals surface area contributed by atoms with Gasteiger partial charge in [0.25, 0.3) is 5.69 Å². The van der Waals surface area contributed by atoms with Gasteiger partial charge in [0, 0.05) is 34.4 Å². The lowest BCUT2D eigenvalue weighted by molar-refractivity contribution is -0.385. The molecule has 4 nitrogen and oxygen atoms in total. The molecule has 0 fully saturated rings. The van der Waals surface area contributed by atoms with Crippen LogP contribution in [-0.4, -0.2) is 4.92 Å². The maximum Gasteiger partial charge on any atom is 0.275 e. The fraction of sp³-hybridized carbons (Fsp3) is 0.0667. The smallest absolute Gasteiger partial charge is 0.275 e. The number of hydrogen-bond acceptors (Lipinski definition) is 3. The average Bonchev–Trinajstić information content (AvgIpc) is 2.46. The van der Waals surface area contributed by atoms with Crippen molar-refractivity contribution in [3.63, 3.8) is 0 Å². The molecule has 2 rings (SSSR count). The Morgan fingerprint density at radius 1 is 1.30 bits per heavy atom. The summed E-state index contributed by atoms with van der Waals surface area (Å²) in [7, 11) is 0. The van der Waals surface area contributed by atoms with E-state index in [0.29, 0.717) is 17.1 Å². The highest BCUT2D eigenvalue weighted by atomic mass is 35.5. The van der Waals surface area contributed by atoms with Crippen LogP contribution in [0, 0.1) is 22.5 Å². The van der Waals surface area contributed by atoms with E-state index >= 15 is 0 Å². The van der Waals surface area contributed by atoms with Crippen molar-refractivity contribution in [2.45, 2.75) is 6.54 Å². The van der Waals surface area contributed by atoms with Crippen LogP contribution in [0.25, 0.3) is 0 Å². The molecule has 0 unspecified atom stereocenters. The van der Waals surface area contributed by atoms with Crippen LogP contribution in [0.4, 0.5) is 11.4 Å². The van der Waals surface area contributed by atoms with Crippen LogP contribution in [0.5, 0.6) is 0 Å². The number of rotatable bonds is 4. The number of nitrogens with one attached hydrogen (secondary N) is 1. The Morgan fingerprint density at radius 2 is 2.10 bits per heavy atom. The van der Waals surface area contributed by atoms with E-state index in [9.17, 15) is 10.1 Å². The fourth-order valence-electron chi connectivity index (χ4n) is 1.77. The van der Waals surface area contributed by atoms with Crippen LogP contribution in [0.3, 0.4) is 0 Å². The summed E-state index contributed by atoms with van der Waals surface area (Å²) >= 11 is 5.77. The second-order valence-corrected chi connectivity index (χ2v) is 4.55. The molecule has 0 saturated heterocycles. The lowest BCUT2D eigenvalue weighted by Crippen LogP contribution is -2.03. The van der Waals surface area contributed by atoms with Gasteiger partial charge in [-0.1, -0.05) is 23.6 Å². The zero-order chi connectivity index (χ0) is 14.5. The van der Waals surface area contributed by atoms with Crippen molar-refractivity contribution in [3.05, 3.63) is 68.7 Å².